The van der Waals surface area contributed by atoms with Crippen molar-refractivity contribution in [3.8, 4) is 10.4 Å². The quantitative estimate of drug-likeness (QED) is 0.592. The molecule has 154 valence electrons. The van der Waals surface area contributed by atoms with Gasteiger partial charge in [0.25, 0.3) is 5.91 Å². The summed E-state index contributed by atoms with van der Waals surface area (Å²) in [6.07, 6.45) is 1.32. The maximum atomic E-state index is 13.0. The Labute approximate surface area is 179 Å². The molecule has 3 heterocycles. The lowest BCUT2D eigenvalue weighted by Crippen LogP contribution is -2.42. The number of thiazole rings is 1. The molecule has 1 aromatic carbocycles. The fourth-order valence-corrected chi connectivity index (χ4v) is 4.75. The second kappa shape index (κ2) is 8.72. The Bertz CT molecular complexity index is 1090. The molecule has 7 nitrogen and oxygen atoms in total. The summed E-state index contributed by atoms with van der Waals surface area (Å²) in [5.41, 5.74) is 6.11. The first-order valence-electron chi connectivity index (χ1n) is 9.19. The number of nitrogens with one attached hydrogen (secondary N) is 2. The summed E-state index contributed by atoms with van der Waals surface area (Å²) >= 11 is 2.56. The third-order valence-corrected chi connectivity index (χ3v) is 6.51. The normalized spacial score (nSPS) is 13.5. The van der Waals surface area contributed by atoms with Gasteiger partial charge in [0.1, 0.15) is 5.82 Å². The smallest absolute Gasteiger partial charge is 0.279 e. The van der Waals surface area contributed by atoms with Crippen LogP contribution in [0.2, 0.25) is 0 Å². The molecule has 30 heavy (non-hydrogen) atoms. The molecule has 0 saturated carbocycles. The van der Waals surface area contributed by atoms with Crippen LogP contribution in [0.5, 0.6) is 0 Å². The predicted molar refractivity (Wildman–Crippen MR) is 113 cm³/mol. The van der Waals surface area contributed by atoms with Gasteiger partial charge >= 0.3 is 0 Å². The van der Waals surface area contributed by atoms with Crippen molar-refractivity contribution >= 4 is 45.5 Å². The Hall–Kier alpha value is -3.11. The minimum absolute atomic E-state index is 0.00984. The van der Waals surface area contributed by atoms with E-state index in [2.05, 4.69) is 15.8 Å². The van der Waals surface area contributed by atoms with Crippen LogP contribution in [0, 0.1) is 5.82 Å². The SMILES string of the molecule is O=C(Cc1csc(N2CCCC2=O)n1)NNC(=O)c1ccc(-c2ccc(F)cc2)s1. The van der Waals surface area contributed by atoms with E-state index in [1.807, 2.05) is 0 Å². The number of hydrogen-bond donors (Lipinski definition) is 2. The molecule has 0 unspecified atom stereocenters. The van der Waals surface area contributed by atoms with E-state index in [0.717, 1.165) is 16.9 Å². The number of carbonyl (C=O) groups is 3. The van der Waals surface area contributed by atoms with Crippen LogP contribution < -0.4 is 15.8 Å². The van der Waals surface area contributed by atoms with Gasteiger partial charge in [0.2, 0.25) is 11.8 Å². The lowest BCUT2D eigenvalue weighted by molar-refractivity contribution is -0.121. The topological polar surface area (TPSA) is 91.4 Å². The zero-order chi connectivity index (χ0) is 21.1. The number of carbonyl (C=O) groups excluding carboxylic acids is 3. The van der Waals surface area contributed by atoms with E-state index < -0.39 is 11.8 Å². The van der Waals surface area contributed by atoms with Crippen LogP contribution >= 0.6 is 22.7 Å². The third-order valence-electron chi connectivity index (χ3n) is 4.46. The lowest BCUT2D eigenvalue weighted by atomic mass is 10.2. The largest absolute Gasteiger partial charge is 0.288 e. The van der Waals surface area contributed by atoms with Crippen LogP contribution in [0.25, 0.3) is 10.4 Å². The number of halogens is 1. The summed E-state index contributed by atoms with van der Waals surface area (Å²) in [6, 6.07) is 9.41. The molecule has 2 N–H and O–H groups in total. The van der Waals surface area contributed by atoms with Crippen molar-refractivity contribution in [3.63, 3.8) is 0 Å². The van der Waals surface area contributed by atoms with Crippen molar-refractivity contribution in [2.75, 3.05) is 11.4 Å². The Morgan fingerprint density at radius 3 is 2.67 bits per heavy atom. The number of hydrazine groups is 1. The molecule has 3 aromatic rings. The maximum absolute atomic E-state index is 13.0. The van der Waals surface area contributed by atoms with E-state index in [9.17, 15) is 18.8 Å². The molecule has 0 spiro atoms. The van der Waals surface area contributed by atoms with E-state index in [1.165, 1.54) is 34.8 Å². The second-order valence-corrected chi connectivity index (χ2v) is 8.54. The molecule has 2 aromatic heterocycles. The van der Waals surface area contributed by atoms with Crippen molar-refractivity contribution in [1.29, 1.82) is 0 Å². The first kappa shape index (κ1) is 20.2. The van der Waals surface area contributed by atoms with Crippen molar-refractivity contribution in [2.45, 2.75) is 19.3 Å². The van der Waals surface area contributed by atoms with Gasteiger partial charge in [-0.1, -0.05) is 12.1 Å². The van der Waals surface area contributed by atoms with Gasteiger partial charge in [-0.15, -0.1) is 22.7 Å². The van der Waals surface area contributed by atoms with Gasteiger partial charge < -0.3 is 0 Å². The number of thiophene rings is 1. The summed E-state index contributed by atoms with van der Waals surface area (Å²) in [7, 11) is 0. The van der Waals surface area contributed by atoms with Crippen LogP contribution in [0.4, 0.5) is 9.52 Å². The summed E-state index contributed by atoms with van der Waals surface area (Å²) in [5.74, 6) is -1.13. The van der Waals surface area contributed by atoms with Gasteiger partial charge in [-0.25, -0.2) is 9.37 Å². The number of nitrogens with zero attached hydrogens (tertiary/aromatic N) is 2. The number of amides is 3. The van der Waals surface area contributed by atoms with E-state index in [1.54, 1.807) is 34.5 Å². The first-order chi connectivity index (χ1) is 14.5. The number of benzene rings is 1. The van der Waals surface area contributed by atoms with Crippen LogP contribution in [0.15, 0.2) is 41.8 Å². The predicted octanol–water partition coefficient (Wildman–Crippen LogP) is 3.14. The highest BCUT2D eigenvalue weighted by atomic mass is 32.1. The maximum Gasteiger partial charge on any atom is 0.279 e. The van der Waals surface area contributed by atoms with E-state index >= 15 is 0 Å². The number of rotatable bonds is 5. The third kappa shape index (κ3) is 4.55. The van der Waals surface area contributed by atoms with Gasteiger partial charge in [0, 0.05) is 23.2 Å². The molecule has 0 atom stereocenters. The molecular formula is C20H17FN4O3S2. The van der Waals surface area contributed by atoms with Gasteiger partial charge in [-0.05, 0) is 36.2 Å². The molecule has 3 amide bonds. The summed E-state index contributed by atoms with van der Waals surface area (Å²) < 4.78 is 13.0. The van der Waals surface area contributed by atoms with E-state index in [-0.39, 0.29) is 18.1 Å². The monoisotopic (exact) mass is 444 g/mol. The van der Waals surface area contributed by atoms with E-state index in [4.69, 9.17) is 0 Å². The molecule has 1 fully saturated rings. The van der Waals surface area contributed by atoms with Crippen molar-refractivity contribution in [2.24, 2.45) is 0 Å². The lowest BCUT2D eigenvalue weighted by Gasteiger charge is -2.10. The highest BCUT2D eigenvalue weighted by Gasteiger charge is 2.24. The average Bonchev–Trinajstić information content (AvgIpc) is 3.47. The fourth-order valence-electron chi connectivity index (χ4n) is 2.98. The highest BCUT2D eigenvalue weighted by molar-refractivity contribution is 7.17. The average molecular weight is 445 g/mol. The Kier molecular flexibility index (Phi) is 5.86. The van der Waals surface area contributed by atoms with Crippen LogP contribution in [0.1, 0.15) is 28.2 Å². The van der Waals surface area contributed by atoms with E-state index in [0.29, 0.717) is 28.7 Å². The number of aromatic nitrogens is 1. The molecule has 1 aliphatic rings. The Morgan fingerprint density at radius 2 is 1.93 bits per heavy atom. The van der Waals surface area contributed by atoms with Gasteiger partial charge in [0.15, 0.2) is 5.13 Å². The molecular weight excluding hydrogens is 427 g/mol. The molecule has 4 rings (SSSR count). The molecule has 10 heteroatoms. The minimum Gasteiger partial charge on any atom is -0.288 e. The Morgan fingerprint density at radius 1 is 1.13 bits per heavy atom. The second-order valence-electron chi connectivity index (χ2n) is 6.62. The van der Waals surface area contributed by atoms with Crippen LogP contribution in [0.3, 0.4) is 0 Å². The molecule has 0 bridgehead atoms. The zero-order valence-electron chi connectivity index (χ0n) is 15.7. The van der Waals surface area contributed by atoms with Gasteiger partial charge in [-0.3, -0.25) is 30.1 Å². The van der Waals surface area contributed by atoms with Crippen LogP contribution in [-0.2, 0) is 16.0 Å². The molecule has 1 aliphatic heterocycles. The van der Waals surface area contributed by atoms with Crippen molar-refractivity contribution in [3.05, 3.63) is 58.2 Å². The molecule has 0 aliphatic carbocycles. The Balaban J connectivity index is 1.30. The molecule has 1 saturated heterocycles. The highest BCUT2D eigenvalue weighted by Crippen LogP contribution is 2.28. The van der Waals surface area contributed by atoms with Crippen LogP contribution in [-0.4, -0.2) is 29.3 Å². The van der Waals surface area contributed by atoms with Crippen molar-refractivity contribution < 1.29 is 18.8 Å². The van der Waals surface area contributed by atoms with Crippen molar-refractivity contribution in [1.82, 2.24) is 15.8 Å². The van der Waals surface area contributed by atoms with Gasteiger partial charge in [0.05, 0.1) is 17.0 Å². The minimum atomic E-state index is -0.441. The summed E-state index contributed by atoms with van der Waals surface area (Å²) in [4.78, 5) is 43.4. The number of anilines is 1. The summed E-state index contributed by atoms with van der Waals surface area (Å²) in [6.45, 7) is 0.648. The summed E-state index contributed by atoms with van der Waals surface area (Å²) in [5, 5.41) is 2.33. The zero-order valence-corrected chi connectivity index (χ0v) is 17.3. The number of hydrogen-bond acceptors (Lipinski definition) is 6. The van der Waals surface area contributed by atoms with Gasteiger partial charge in [-0.2, -0.15) is 0 Å². The standard InChI is InChI=1S/C20H17FN4O3S2/c21-13-5-3-12(4-6-13)15-7-8-16(30-15)19(28)24-23-17(26)10-14-11-29-20(22-14)25-9-1-2-18(25)27/h3-8,11H,1-2,9-10H2,(H,23,26)(H,24,28). The first-order valence-corrected chi connectivity index (χ1v) is 10.9. The fraction of sp³-hybridized carbons (Fsp3) is 0.200. The molecule has 0 radical (unpaired) electrons.